The Morgan fingerprint density at radius 1 is 1.71 bits per heavy atom. The van der Waals surface area contributed by atoms with Gasteiger partial charge in [-0.2, -0.15) is 5.10 Å². The van der Waals surface area contributed by atoms with Crippen molar-refractivity contribution in [2.45, 2.75) is 26.4 Å². The zero-order valence-electron chi connectivity index (χ0n) is 10.5. The molecule has 7 heteroatoms. The molecule has 1 atom stereocenters. The van der Waals surface area contributed by atoms with Gasteiger partial charge in [-0.15, -0.1) is 0 Å². The number of aryl methyl sites for hydroxylation is 2. The van der Waals surface area contributed by atoms with Crippen molar-refractivity contribution in [3.63, 3.8) is 0 Å². The van der Waals surface area contributed by atoms with Gasteiger partial charge in [-0.3, -0.25) is 9.58 Å². The standard InChI is InChI=1S/C10H18ClN5O/c1-6-8(9(11)16(4)13-6)5-15(3)7(2)10(12)14-17/h7,17H,5H2,1-4H3,(H2,12,14). The normalized spacial score (nSPS) is 14.4. The number of rotatable bonds is 4. The molecule has 96 valence electrons. The van der Waals surface area contributed by atoms with Crippen molar-refractivity contribution < 1.29 is 5.21 Å². The van der Waals surface area contributed by atoms with E-state index in [2.05, 4.69) is 10.3 Å². The molecule has 0 radical (unpaired) electrons. The van der Waals surface area contributed by atoms with Crippen molar-refractivity contribution in [1.29, 1.82) is 0 Å². The number of hydrogen-bond donors (Lipinski definition) is 2. The van der Waals surface area contributed by atoms with Crippen molar-refractivity contribution in [3.05, 3.63) is 16.4 Å². The van der Waals surface area contributed by atoms with E-state index >= 15 is 0 Å². The lowest BCUT2D eigenvalue weighted by Crippen LogP contribution is -2.40. The summed E-state index contributed by atoms with van der Waals surface area (Å²) >= 11 is 6.14. The fourth-order valence-electron chi connectivity index (χ4n) is 1.55. The number of hydrogen-bond acceptors (Lipinski definition) is 4. The van der Waals surface area contributed by atoms with E-state index in [-0.39, 0.29) is 11.9 Å². The molecule has 1 aromatic heterocycles. The maximum absolute atomic E-state index is 8.63. The van der Waals surface area contributed by atoms with Crippen molar-refractivity contribution in [2.75, 3.05) is 7.05 Å². The van der Waals surface area contributed by atoms with Crippen molar-refractivity contribution >= 4 is 17.4 Å². The Hall–Kier alpha value is -1.27. The lowest BCUT2D eigenvalue weighted by atomic mass is 10.2. The third-order valence-electron chi connectivity index (χ3n) is 2.88. The second kappa shape index (κ2) is 5.37. The zero-order valence-corrected chi connectivity index (χ0v) is 11.2. The van der Waals surface area contributed by atoms with Gasteiger partial charge in [0.2, 0.25) is 0 Å². The fourth-order valence-corrected chi connectivity index (χ4v) is 1.78. The summed E-state index contributed by atoms with van der Waals surface area (Å²) in [6, 6.07) is -0.171. The van der Waals surface area contributed by atoms with Crippen molar-refractivity contribution in [3.8, 4) is 0 Å². The molecule has 0 spiro atoms. The van der Waals surface area contributed by atoms with Crippen LogP contribution < -0.4 is 5.73 Å². The molecule has 0 aliphatic rings. The molecular weight excluding hydrogens is 242 g/mol. The van der Waals surface area contributed by atoms with E-state index in [0.29, 0.717) is 11.7 Å². The summed E-state index contributed by atoms with van der Waals surface area (Å²) in [6.07, 6.45) is 0. The van der Waals surface area contributed by atoms with Gasteiger partial charge in [0.05, 0.1) is 11.7 Å². The highest BCUT2D eigenvalue weighted by atomic mass is 35.5. The van der Waals surface area contributed by atoms with E-state index in [4.69, 9.17) is 22.5 Å². The van der Waals surface area contributed by atoms with Gasteiger partial charge in [-0.25, -0.2) is 0 Å². The molecule has 0 amide bonds. The Balaban J connectivity index is 2.84. The highest BCUT2D eigenvalue weighted by Gasteiger charge is 2.18. The van der Waals surface area contributed by atoms with E-state index < -0.39 is 0 Å². The summed E-state index contributed by atoms with van der Waals surface area (Å²) in [6.45, 7) is 4.35. The predicted octanol–water partition coefficient (Wildman–Crippen LogP) is 0.949. The molecule has 1 aromatic rings. The van der Waals surface area contributed by atoms with Crippen LogP contribution in [-0.4, -0.2) is 38.8 Å². The molecule has 0 fully saturated rings. The Morgan fingerprint density at radius 3 is 2.71 bits per heavy atom. The van der Waals surface area contributed by atoms with Gasteiger partial charge in [0.15, 0.2) is 5.84 Å². The number of aromatic nitrogens is 2. The smallest absolute Gasteiger partial charge is 0.156 e. The first-order chi connectivity index (χ1) is 7.88. The van der Waals surface area contributed by atoms with Crippen LogP contribution in [0.2, 0.25) is 5.15 Å². The van der Waals surface area contributed by atoms with Crippen molar-refractivity contribution in [2.24, 2.45) is 17.9 Å². The predicted molar refractivity (Wildman–Crippen MR) is 67.3 cm³/mol. The lowest BCUT2D eigenvalue weighted by Gasteiger charge is -2.23. The van der Waals surface area contributed by atoms with Gasteiger partial charge < -0.3 is 10.9 Å². The van der Waals surface area contributed by atoms with Crippen molar-refractivity contribution in [1.82, 2.24) is 14.7 Å². The summed E-state index contributed by atoms with van der Waals surface area (Å²) in [5.41, 5.74) is 7.40. The van der Waals surface area contributed by atoms with Gasteiger partial charge in [0, 0.05) is 19.2 Å². The third kappa shape index (κ3) is 2.89. The molecule has 0 saturated carbocycles. The fraction of sp³-hybridized carbons (Fsp3) is 0.600. The van der Waals surface area contributed by atoms with Gasteiger partial charge in [-0.05, 0) is 20.9 Å². The monoisotopic (exact) mass is 259 g/mol. The molecule has 0 saturated heterocycles. The Kier molecular flexibility index (Phi) is 4.36. The van der Waals surface area contributed by atoms with Crippen LogP contribution in [0.1, 0.15) is 18.2 Å². The number of halogens is 1. The first-order valence-corrected chi connectivity index (χ1v) is 5.61. The zero-order chi connectivity index (χ0) is 13.2. The number of oxime groups is 1. The van der Waals surface area contributed by atoms with E-state index in [1.54, 1.807) is 11.7 Å². The van der Waals surface area contributed by atoms with E-state index in [9.17, 15) is 0 Å². The molecule has 0 aliphatic heterocycles. The lowest BCUT2D eigenvalue weighted by molar-refractivity contribution is 0.279. The van der Waals surface area contributed by atoms with Crippen LogP contribution in [-0.2, 0) is 13.6 Å². The topological polar surface area (TPSA) is 79.7 Å². The number of nitrogens with zero attached hydrogens (tertiary/aromatic N) is 4. The largest absolute Gasteiger partial charge is 0.409 e. The SMILES string of the molecule is Cc1nn(C)c(Cl)c1CN(C)C(C)C(N)=NO. The maximum atomic E-state index is 8.63. The van der Waals surface area contributed by atoms with Crippen LogP contribution in [0.5, 0.6) is 0 Å². The minimum atomic E-state index is -0.171. The van der Waals surface area contributed by atoms with Gasteiger partial charge in [0.1, 0.15) is 5.15 Å². The van der Waals surface area contributed by atoms with E-state index in [1.807, 2.05) is 25.8 Å². The summed E-state index contributed by atoms with van der Waals surface area (Å²) in [4.78, 5) is 1.94. The average molecular weight is 260 g/mol. The molecule has 1 unspecified atom stereocenters. The van der Waals surface area contributed by atoms with Gasteiger partial charge in [0.25, 0.3) is 0 Å². The van der Waals surface area contributed by atoms with Crippen LogP contribution >= 0.6 is 11.6 Å². The first-order valence-electron chi connectivity index (χ1n) is 5.24. The second-order valence-corrected chi connectivity index (χ2v) is 4.45. The maximum Gasteiger partial charge on any atom is 0.156 e. The molecule has 17 heavy (non-hydrogen) atoms. The minimum Gasteiger partial charge on any atom is -0.409 e. The molecule has 0 aromatic carbocycles. The summed E-state index contributed by atoms with van der Waals surface area (Å²) in [5.74, 6) is 0.171. The number of amidine groups is 1. The Labute approximate surface area is 106 Å². The number of likely N-dealkylation sites (N-methyl/N-ethyl adjacent to an activating group) is 1. The summed E-state index contributed by atoms with van der Waals surface area (Å²) in [5, 5.41) is 16.5. The molecule has 1 heterocycles. The quantitative estimate of drug-likeness (QED) is 0.365. The minimum absolute atomic E-state index is 0.171. The highest BCUT2D eigenvalue weighted by molar-refractivity contribution is 6.30. The second-order valence-electron chi connectivity index (χ2n) is 4.09. The van der Waals surface area contributed by atoms with E-state index in [0.717, 1.165) is 11.3 Å². The molecular formula is C10H18ClN5O. The van der Waals surface area contributed by atoms with Crippen LogP contribution in [0.4, 0.5) is 0 Å². The highest BCUT2D eigenvalue weighted by Crippen LogP contribution is 2.20. The van der Waals surface area contributed by atoms with Gasteiger partial charge >= 0.3 is 0 Å². The van der Waals surface area contributed by atoms with Crippen LogP contribution in [0, 0.1) is 6.92 Å². The molecule has 1 rings (SSSR count). The summed E-state index contributed by atoms with van der Waals surface area (Å²) < 4.78 is 1.63. The molecule has 3 N–H and O–H groups in total. The number of nitrogens with two attached hydrogens (primary N) is 1. The average Bonchev–Trinajstić information content (AvgIpc) is 2.53. The molecule has 0 aliphatic carbocycles. The van der Waals surface area contributed by atoms with Crippen LogP contribution in [0.25, 0.3) is 0 Å². The van der Waals surface area contributed by atoms with Crippen LogP contribution in [0.15, 0.2) is 5.16 Å². The Morgan fingerprint density at radius 2 is 2.29 bits per heavy atom. The first kappa shape index (κ1) is 13.8. The van der Waals surface area contributed by atoms with Crippen LogP contribution in [0.3, 0.4) is 0 Å². The molecule has 0 bridgehead atoms. The Bertz CT molecular complexity index is 429. The molecule has 6 nitrogen and oxygen atoms in total. The third-order valence-corrected chi connectivity index (χ3v) is 3.35. The van der Waals surface area contributed by atoms with Gasteiger partial charge in [-0.1, -0.05) is 16.8 Å². The summed E-state index contributed by atoms with van der Waals surface area (Å²) in [7, 11) is 3.68. The van der Waals surface area contributed by atoms with E-state index in [1.165, 1.54) is 0 Å².